The predicted molar refractivity (Wildman–Crippen MR) is 82.8 cm³/mol. The van der Waals surface area contributed by atoms with Crippen LogP contribution in [0.1, 0.15) is 45.6 Å². The van der Waals surface area contributed by atoms with Crippen LogP contribution in [-0.4, -0.2) is 10.2 Å². The minimum absolute atomic E-state index is 0.0125. The average molecular weight is 486 g/mol. The van der Waals surface area contributed by atoms with Crippen molar-refractivity contribution in [2.45, 2.75) is 36.9 Å². The van der Waals surface area contributed by atoms with Gasteiger partial charge in [-0.3, -0.25) is 0 Å². The summed E-state index contributed by atoms with van der Waals surface area (Å²) < 4.78 is 155. The van der Waals surface area contributed by atoms with E-state index in [-0.39, 0.29) is 36.4 Å². The molecule has 0 heterocycles. The monoisotopic (exact) mass is 486 g/mol. The Labute approximate surface area is 170 Å². The zero-order chi connectivity index (χ0) is 24.9. The molecule has 2 aromatic carbocycles. The molecule has 14 heteroatoms. The summed E-state index contributed by atoms with van der Waals surface area (Å²) in [6, 6.07) is -0.672. The van der Waals surface area contributed by atoms with Gasteiger partial charge in [-0.2, -0.15) is 52.7 Å². The van der Waals surface area contributed by atoms with Gasteiger partial charge in [-0.1, -0.05) is 0 Å². The summed E-state index contributed by atoms with van der Waals surface area (Å²) in [7, 11) is 0. The second-order valence-corrected chi connectivity index (χ2v) is 6.57. The van der Waals surface area contributed by atoms with E-state index in [4.69, 9.17) is 0 Å². The maximum absolute atomic E-state index is 12.9. The van der Waals surface area contributed by atoms with Crippen LogP contribution in [0.25, 0.3) is 0 Å². The van der Waals surface area contributed by atoms with Gasteiger partial charge in [-0.25, -0.2) is 0 Å². The molecule has 2 N–H and O–H groups in total. The van der Waals surface area contributed by atoms with E-state index in [2.05, 4.69) is 0 Å². The molecule has 0 aromatic heterocycles. The van der Waals surface area contributed by atoms with Crippen molar-refractivity contribution in [3.05, 3.63) is 69.8 Å². The van der Waals surface area contributed by atoms with Crippen molar-refractivity contribution < 1.29 is 62.9 Å². The molecule has 2 atom stereocenters. The first-order chi connectivity index (χ1) is 14.2. The molecule has 32 heavy (non-hydrogen) atoms. The molecule has 2 aromatic rings. The molecular formula is C18H10F12O2. The van der Waals surface area contributed by atoms with Gasteiger partial charge >= 0.3 is 24.7 Å². The molecule has 2 rings (SSSR count). The van der Waals surface area contributed by atoms with Gasteiger partial charge in [0, 0.05) is 0 Å². The second-order valence-electron chi connectivity index (χ2n) is 6.57. The summed E-state index contributed by atoms with van der Waals surface area (Å²) in [4.78, 5) is 0. The number of halogens is 12. The zero-order valence-corrected chi connectivity index (χ0v) is 15.0. The number of alkyl halides is 12. The van der Waals surface area contributed by atoms with Crippen LogP contribution >= 0.6 is 0 Å². The minimum atomic E-state index is -5.35. The lowest BCUT2D eigenvalue weighted by molar-refractivity contribution is -0.145. The Bertz CT molecular complexity index is 826. The van der Waals surface area contributed by atoms with E-state index < -0.39 is 70.3 Å². The summed E-state index contributed by atoms with van der Waals surface area (Å²) in [5, 5.41) is 20.1. The van der Waals surface area contributed by atoms with Crippen molar-refractivity contribution in [1.29, 1.82) is 0 Å². The highest BCUT2D eigenvalue weighted by atomic mass is 19.4. The number of benzene rings is 2. The molecule has 0 bridgehead atoms. The van der Waals surface area contributed by atoms with E-state index in [1.165, 1.54) is 0 Å². The Hall–Kier alpha value is -2.48. The fourth-order valence-electron chi connectivity index (χ4n) is 2.66. The number of aliphatic hydroxyl groups is 2. The van der Waals surface area contributed by atoms with Crippen LogP contribution in [-0.2, 0) is 24.7 Å². The quantitative estimate of drug-likeness (QED) is 0.485. The molecule has 0 amide bonds. The Kier molecular flexibility index (Phi) is 6.56. The van der Waals surface area contributed by atoms with Gasteiger partial charge in [0.2, 0.25) is 0 Å². The molecule has 0 saturated heterocycles. The van der Waals surface area contributed by atoms with Crippen LogP contribution in [0.5, 0.6) is 0 Å². The number of hydrogen-bond donors (Lipinski definition) is 2. The molecule has 0 aliphatic heterocycles. The SMILES string of the molecule is O[C@H](c1cc(C(F)(F)F)cc(C(F)(F)F)c1)[C@@H](O)c1cc(C(F)(F)F)cc(C(F)(F)F)c1. The standard InChI is InChI=1S/C18H10F12O2/c19-15(20,21)9-1-7(2-10(5-9)16(22,23)24)13(31)14(32)8-3-11(17(25,26)27)6-12(4-8)18(28,29)30/h1-6,13-14,31-32H/t13-,14+. The van der Waals surface area contributed by atoms with E-state index in [1.54, 1.807) is 0 Å². The van der Waals surface area contributed by atoms with Crippen molar-refractivity contribution >= 4 is 0 Å². The third kappa shape index (κ3) is 5.85. The molecule has 178 valence electrons. The number of aliphatic hydroxyl groups excluding tert-OH is 2. The van der Waals surface area contributed by atoms with Gasteiger partial charge in [0.1, 0.15) is 12.2 Å². The highest BCUT2D eigenvalue weighted by Gasteiger charge is 2.40. The topological polar surface area (TPSA) is 40.5 Å². The fourth-order valence-corrected chi connectivity index (χ4v) is 2.66. The van der Waals surface area contributed by atoms with Crippen LogP contribution in [0, 0.1) is 0 Å². The van der Waals surface area contributed by atoms with Gasteiger partial charge in [-0.15, -0.1) is 0 Å². The summed E-state index contributed by atoms with van der Waals surface area (Å²) in [6.45, 7) is 0. The van der Waals surface area contributed by atoms with E-state index in [0.29, 0.717) is 0 Å². The van der Waals surface area contributed by atoms with Crippen molar-refractivity contribution in [2.75, 3.05) is 0 Å². The van der Waals surface area contributed by atoms with Gasteiger partial charge in [-0.05, 0) is 47.5 Å². The second kappa shape index (κ2) is 8.14. The molecule has 0 saturated carbocycles. The normalized spacial score (nSPS) is 15.6. The van der Waals surface area contributed by atoms with Crippen molar-refractivity contribution in [1.82, 2.24) is 0 Å². The van der Waals surface area contributed by atoms with Gasteiger partial charge in [0.15, 0.2) is 0 Å². The van der Waals surface area contributed by atoms with Crippen LogP contribution in [0.3, 0.4) is 0 Å². The largest absolute Gasteiger partial charge is 0.416 e. The Morgan fingerprint density at radius 3 is 0.750 bits per heavy atom. The Balaban J connectivity index is 2.63. The lowest BCUT2D eigenvalue weighted by Crippen LogP contribution is -2.18. The maximum Gasteiger partial charge on any atom is 0.416 e. The van der Waals surface area contributed by atoms with E-state index in [9.17, 15) is 62.9 Å². The fraction of sp³-hybridized carbons (Fsp3) is 0.333. The Morgan fingerprint density at radius 2 is 0.594 bits per heavy atom. The summed E-state index contributed by atoms with van der Waals surface area (Å²) in [6.07, 6.45) is -26.9. The molecule has 0 radical (unpaired) electrons. The highest BCUT2D eigenvalue weighted by molar-refractivity contribution is 5.39. The molecule has 0 fully saturated rings. The molecule has 2 nitrogen and oxygen atoms in total. The van der Waals surface area contributed by atoms with E-state index >= 15 is 0 Å². The van der Waals surface area contributed by atoms with Crippen LogP contribution < -0.4 is 0 Å². The predicted octanol–water partition coefficient (Wildman–Crippen LogP) is 6.53. The first-order valence-electron chi connectivity index (χ1n) is 8.16. The number of rotatable bonds is 3. The van der Waals surface area contributed by atoms with Gasteiger partial charge < -0.3 is 10.2 Å². The Morgan fingerprint density at radius 1 is 0.406 bits per heavy atom. The maximum atomic E-state index is 12.9. The summed E-state index contributed by atoms with van der Waals surface area (Å²) in [5.74, 6) is 0. The average Bonchev–Trinajstić information content (AvgIpc) is 2.63. The smallest absolute Gasteiger partial charge is 0.385 e. The van der Waals surface area contributed by atoms with Crippen LogP contribution in [0.15, 0.2) is 36.4 Å². The summed E-state index contributed by atoms with van der Waals surface area (Å²) >= 11 is 0. The lowest BCUT2D eigenvalue weighted by Gasteiger charge is -2.23. The highest BCUT2D eigenvalue weighted by Crippen LogP contribution is 2.42. The molecule has 0 spiro atoms. The van der Waals surface area contributed by atoms with E-state index in [1.807, 2.05) is 0 Å². The first-order valence-corrected chi connectivity index (χ1v) is 8.16. The van der Waals surface area contributed by atoms with Gasteiger partial charge in [0.05, 0.1) is 22.3 Å². The third-order valence-electron chi connectivity index (χ3n) is 4.20. The molecular weight excluding hydrogens is 476 g/mol. The van der Waals surface area contributed by atoms with Crippen molar-refractivity contribution in [3.8, 4) is 0 Å². The van der Waals surface area contributed by atoms with Crippen molar-refractivity contribution in [2.24, 2.45) is 0 Å². The van der Waals surface area contributed by atoms with Crippen molar-refractivity contribution in [3.63, 3.8) is 0 Å². The van der Waals surface area contributed by atoms with E-state index in [0.717, 1.165) is 0 Å². The third-order valence-corrected chi connectivity index (χ3v) is 4.20. The van der Waals surface area contributed by atoms with Gasteiger partial charge in [0.25, 0.3) is 0 Å². The molecule has 0 unspecified atom stereocenters. The molecule has 0 aliphatic carbocycles. The van der Waals surface area contributed by atoms with Crippen LogP contribution in [0.2, 0.25) is 0 Å². The van der Waals surface area contributed by atoms with Crippen LogP contribution in [0.4, 0.5) is 52.7 Å². The molecule has 0 aliphatic rings. The zero-order valence-electron chi connectivity index (χ0n) is 15.0. The summed E-state index contributed by atoms with van der Waals surface area (Å²) in [5.41, 5.74) is -10.1. The number of hydrogen-bond acceptors (Lipinski definition) is 2. The first kappa shape index (κ1) is 25.8. The lowest BCUT2D eigenvalue weighted by atomic mass is 9.93. The minimum Gasteiger partial charge on any atom is -0.385 e.